The molecule has 0 aliphatic rings. The lowest BCUT2D eigenvalue weighted by molar-refractivity contribution is -0.137. The van der Waals surface area contributed by atoms with Gasteiger partial charge in [0.2, 0.25) is 0 Å². The second-order valence-electron chi connectivity index (χ2n) is 2.93. The van der Waals surface area contributed by atoms with Crippen LogP contribution in [0.2, 0.25) is 0 Å². The van der Waals surface area contributed by atoms with Crippen LogP contribution in [-0.4, -0.2) is 22.6 Å². The Hall–Kier alpha value is -0.940. The van der Waals surface area contributed by atoms with Crippen molar-refractivity contribution in [2.75, 3.05) is 6.54 Å². The minimum atomic E-state index is -0.843. The van der Waals surface area contributed by atoms with Gasteiger partial charge in [-0.25, -0.2) is 0 Å². The maximum atomic E-state index is 10.6. The second kappa shape index (κ2) is 5.07. The summed E-state index contributed by atoms with van der Waals surface area (Å²) in [4.78, 5) is 14.5. The number of pyridine rings is 1. The van der Waals surface area contributed by atoms with Gasteiger partial charge in [0.05, 0.1) is 6.42 Å². The summed E-state index contributed by atoms with van der Waals surface area (Å²) in [5, 5.41) is 8.68. The molecule has 1 atom stereocenters. The minimum Gasteiger partial charge on any atom is -0.481 e. The van der Waals surface area contributed by atoms with E-state index in [1.807, 2.05) is 0 Å². The van der Waals surface area contributed by atoms with Gasteiger partial charge in [-0.1, -0.05) is 0 Å². The summed E-state index contributed by atoms with van der Waals surface area (Å²) < 4.78 is 0.803. The fourth-order valence-electron chi connectivity index (χ4n) is 1.25. The number of aliphatic carboxylic acids is 1. The molecule has 1 unspecified atom stereocenters. The third-order valence-corrected chi connectivity index (χ3v) is 2.61. The van der Waals surface area contributed by atoms with E-state index in [0.717, 1.165) is 10.0 Å². The van der Waals surface area contributed by atoms with Crippen molar-refractivity contribution in [1.29, 1.82) is 0 Å². The third-order valence-electron chi connectivity index (χ3n) is 1.95. The molecule has 14 heavy (non-hydrogen) atoms. The SMILES string of the molecule is NCC(CC(=O)O)c1ccncc1Br. The summed E-state index contributed by atoms with van der Waals surface area (Å²) in [5.41, 5.74) is 6.41. The molecule has 1 rings (SSSR count). The van der Waals surface area contributed by atoms with Crippen LogP contribution < -0.4 is 5.73 Å². The average Bonchev–Trinajstić information content (AvgIpc) is 2.15. The summed E-state index contributed by atoms with van der Waals surface area (Å²) in [5.74, 6) is -1.01. The van der Waals surface area contributed by atoms with Crippen LogP contribution in [0.3, 0.4) is 0 Å². The number of carboxylic acid groups (broad SMARTS) is 1. The zero-order valence-corrected chi connectivity index (χ0v) is 9.07. The van der Waals surface area contributed by atoms with Crippen LogP contribution in [0.5, 0.6) is 0 Å². The Balaban J connectivity index is 2.89. The maximum Gasteiger partial charge on any atom is 0.304 e. The van der Waals surface area contributed by atoms with E-state index < -0.39 is 5.97 Å². The van der Waals surface area contributed by atoms with Crippen molar-refractivity contribution in [3.05, 3.63) is 28.5 Å². The molecule has 4 nitrogen and oxygen atoms in total. The molecule has 0 aliphatic carbocycles. The largest absolute Gasteiger partial charge is 0.481 e. The Labute approximate surface area is 90.3 Å². The zero-order valence-electron chi connectivity index (χ0n) is 7.48. The fourth-order valence-corrected chi connectivity index (χ4v) is 1.82. The first-order chi connectivity index (χ1) is 6.65. The molecule has 0 fully saturated rings. The molecule has 0 aliphatic heterocycles. The fraction of sp³-hybridized carbons (Fsp3) is 0.333. The average molecular weight is 259 g/mol. The third kappa shape index (κ3) is 2.78. The lowest BCUT2D eigenvalue weighted by Gasteiger charge is -2.13. The molecule has 76 valence electrons. The summed E-state index contributed by atoms with van der Waals surface area (Å²) in [6, 6.07) is 1.78. The smallest absolute Gasteiger partial charge is 0.304 e. The molecule has 0 aromatic carbocycles. The number of carboxylic acids is 1. The molecule has 0 saturated carbocycles. The summed E-state index contributed by atoms with van der Waals surface area (Å²) in [6.07, 6.45) is 3.31. The molecule has 0 saturated heterocycles. The van der Waals surface area contributed by atoms with Gasteiger partial charge < -0.3 is 10.8 Å². The highest BCUT2D eigenvalue weighted by Gasteiger charge is 2.16. The van der Waals surface area contributed by atoms with Gasteiger partial charge in [0.15, 0.2) is 0 Å². The van der Waals surface area contributed by atoms with Gasteiger partial charge in [0.25, 0.3) is 0 Å². The van der Waals surface area contributed by atoms with Crippen LogP contribution in [0.4, 0.5) is 0 Å². The molecule has 1 heterocycles. The number of nitrogens with two attached hydrogens (primary N) is 1. The van der Waals surface area contributed by atoms with Crippen molar-refractivity contribution in [2.24, 2.45) is 5.73 Å². The van der Waals surface area contributed by atoms with Crippen LogP contribution >= 0.6 is 15.9 Å². The molecular weight excluding hydrogens is 248 g/mol. The molecule has 5 heteroatoms. The molecule has 1 aromatic rings. The number of aromatic nitrogens is 1. The van der Waals surface area contributed by atoms with Crippen LogP contribution in [-0.2, 0) is 4.79 Å². The first kappa shape index (κ1) is 11.1. The highest BCUT2D eigenvalue weighted by molar-refractivity contribution is 9.10. The Kier molecular flexibility index (Phi) is 4.03. The topological polar surface area (TPSA) is 76.2 Å². The zero-order chi connectivity index (χ0) is 10.6. The van der Waals surface area contributed by atoms with E-state index in [2.05, 4.69) is 20.9 Å². The lowest BCUT2D eigenvalue weighted by atomic mass is 9.97. The summed E-state index contributed by atoms with van der Waals surface area (Å²) in [7, 11) is 0. The quantitative estimate of drug-likeness (QED) is 0.855. The number of rotatable bonds is 4. The molecule has 3 N–H and O–H groups in total. The maximum absolute atomic E-state index is 10.6. The van der Waals surface area contributed by atoms with Crippen LogP contribution in [0.1, 0.15) is 17.9 Å². The monoisotopic (exact) mass is 258 g/mol. The van der Waals surface area contributed by atoms with Crippen molar-refractivity contribution >= 4 is 21.9 Å². The van der Waals surface area contributed by atoms with Gasteiger partial charge in [0.1, 0.15) is 0 Å². The Morgan fingerprint density at radius 3 is 2.93 bits per heavy atom. The Morgan fingerprint density at radius 1 is 1.71 bits per heavy atom. The summed E-state index contributed by atoms with van der Waals surface area (Å²) >= 11 is 3.32. The van der Waals surface area contributed by atoms with E-state index in [1.165, 1.54) is 0 Å². The lowest BCUT2D eigenvalue weighted by Crippen LogP contribution is -2.16. The number of nitrogens with zero attached hydrogens (tertiary/aromatic N) is 1. The molecule has 0 bridgehead atoms. The van der Waals surface area contributed by atoms with Crippen molar-refractivity contribution in [1.82, 2.24) is 4.98 Å². The van der Waals surface area contributed by atoms with Crippen LogP contribution in [0, 0.1) is 0 Å². The van der Waals surface area contributed by atoms with E-state index in [4.69, 9.17) is 10.8 Å². The van der Waals surface area contributed by atoms with Crippen molar-refractivity contribution < 1.29 is 9.90 Å². The van der Waals surface area contributed by atoms with Gasteiger partial charge >= 0.3 is 5.97 Å². The second-order valence-corrected chi connectivity index (χ2v) is 3.78. The normalized spacial score (nSPS) is 12.4. The molecule has 0 spiro atoms. The van der Waals surface area contributed by atoms with Crippen molar-refractivity contribution in [3.63, 3.8) is 0 Å². The van der Waals surface area contributed by atoms with Gasteiger partial charge in [-0.3, -0.25) is 9.78 Å². The molecule has 1 aromatic heterocycles. The van der Waals surface area contributed by atoms with E-state index in [-0.39, 0.29) is 12.3 Å². The van der Waals surface area contributed by atoms with Crippen LogP contribution in [0.25, 0.3) is 0 Å². The predicted molar refractivity (Wildman–Crippen MR) is 56.0 cm³/mol. The summed E-state index contributed by atoms with van der Waals surface area (Å²) in [6.45, 7) is 0.314. The number of hydrogen-bond donors (Lipinski definition) is 2. The first-order valence-corrected chi connectivity index (χ1v) is 4.95. The van der Waals surface area contributed by atoms with Crippen molar-refractivity contribution in [3.8, 4) is 0 Å². The number of halogens is 1. The molecule has 0 amide bonds. The minimum absolute atomic E-state index is 0.0408. The standard InChI is InChI=1S/C9H11BrN2O2/c10-8-5-12-2-1-7(8)6(4-11)3-9(13)14/h1-2,5-6H,3-4,11H2,(H,13,14). The molecule has 0 radical (unpaired) electrons. The van der Waals surface area contributed by atoms with E-state index in [1.54, 1.807) is 18.5 Å². The highest BCUT2D eigenvalue weighted by Crippen LogP contribution is 2.25. The number of carbonyl (C=O) groups is 1. The first-order valence-electron chi connectivity index (χ1n) is 4.16. The van der Waals surface area contributed by atoms with E-state index in [0.29, 0.717) is 6.54 Å². The van der Waals surface area contributed by atoms with Gasteiger partial charge in [-0.2, -0.15) is 0 Å². The highest BCUT2D eigenvalue weighted by atomic mass is 79.9. The van der Waals surface area contributed by atoms with Crippen molar-refractivity contribution in [2.45, 2.75) is 12.3 Å². The van der Waals surface area contributed by atoms with Gasteiger partial charge in [-0.05, 0) is 34.1 Å². The van der Waals surface area contributed by atoms with Gasteiger partial charge in [0, 0.05) is 22.8 Å². The molecular formula is C9H11BrN2O2. The predicted octanol–water partition coefficient (Wildman–Crippen LogP) is 1.36. The van der Waals surface area contributed by atoms with Gasteiger partial charge in [-0.15, -0.1) is 0 Å². The Bertz CT molecular complexity index is 330. The van der Waals surface area contributed by atoms with E-state index >= 15 is 0 Å². The Morgan fingerprint density at radius 2 is 2.43 bits per heavy atom. The van der Waals surface area contributed by atoms with E-state index in [9.17, 15) is 4.79 Å². The van der Waals surface area contributed by atoms with Crippen LogP contribution in [0.15, 0.2) is 22.9 Å². The number of hydrogen-bond acceptors (Lipinski definition) is 3.